The second-order valence-electron chi connectivity index (χ2n) is 4.43. The van der Waals surface area contributed by atoms with Crippen molar-refractivity contribution < 1.29 is 0 Å². The number of hydrogen-bond acceptors (Lipinski definition) is 0. The van der Waals surface area contributed by atoms with E-state index >= 15 is 0 Å². The first-order valence-corrected chi connectivity index (χ1v) is 5.81. The smallest absolute Gasteiger partial charge is 0.0353 e. The molecule has 0 aromatic carbocycles. The quantitative estimate of drug-likeness (QED) is 0.373. The average Bonchev–Trinajstić information content (AvgIpc) is 2.12. The van der Waals surface area contributed by atoms with E-state index in [0.29, 0.717) is 0 Å². The molecule has 0 aromatic rings. The Labute approximate surface area is 84.4 Å². The number of hydrogen-bond donors (Lipinski definition) is 0. The molecule has 0 radical (unpaired) electrons. The first-order valence-electron chi connectivity index (χ1n) is 5.81. The highest BCUT2D eigenvalue weighted by molar-refractivity contribution is 4.66. The van der Waals surface area contributed by atoms with E-state index in [9.17, 15) is 0 Å². The van der Waals surface area contributed by atoms with Gasteiger partial charge in [-0.2, -0.15) is 0 Å². The highest BCUT2D eigenvalue weighted by Crippen LogP contribution is 2.19. The molecule has 2 atom stereocenters. The van der Waals surface area contributed by atoms with Crippen LogP contribution >= 0.6 is 0 Å². The molecule has 0 aliphatic heterocycles. The van der Waals surface area contributed by atoms with Crippen LogP contribution < -0.4 is 0 Å². The first kappa shape index (κ1) is 12.7. The molecule has 0 heterocycles. The summed E-state index contributed by atoms with van der Waals surface area (Å²) in [6.07, 6.45) is 10.1. The Bertz CT molecular complexity index is 115. The second-order valence-corrected chi connectivity index (χ2v) is 4.43. The van der Waals surface area contributed by atoms with E-state index in [1.165, 1.54) is 38.5 Å². The van der Waals surface area contributed by atoms with Crippen molar-refractivity contribution in [1.29, 1.82) is 0 Å². The van der Waals surface area contributed by atoms with Crippen molar-refractivity contribution >= 4 is 0 Å². The third-order valence-electron chi connectivity index (χ3n) is 2.86. The van der Waals surface area contributed by atoms with E-state index in [2.05, 4.69) is 27.4 Å². The average molecular weight is 182 g/mol. The van der Waals surface area contributed by atoms with Gasteiger partial charge in [-0.25, -0.2) is 0 Å². The van der Waals surface area contributed by atoms with Gasteiger partial charge in [-0.15, -0.1) is 6.58 Å². The molecule has 13 heavy (non-hydrogen) atoms. The number of unbranched alkanes of at least 4 members (excludes halogenated alkanes) is 2. The van der Waals surface area contributed by atoms with Crippen molar-refractivity contribution in [1.82, 2.24) is 0 Å². The fraction of sp³-hybridized carbons (Fsp3) is 0.846. The maximum absolute atomic E-state index is 3.74. The Morgan fingerprint density at radius 2 is 1.85 bits per heavy atom. The van der Waals surface area contributed by atoms with E-state index in [4.69, 9.17) is 0 Å². The van der Waals surface area contributed by atoms with E-state index in [-0.39, 0.29) is 0 Å². The molecule has 0 heteroatoms. The van der Waals surface area contributed by atoms with Gasteiger partial charge in [-0.3, -0.25) is 0 Å². The topological polar surface area (TPSA) is 0 Å². The molecule has 0 bridgehead atoms. The minimum atomic E-state index is 0.911. The summed E-state index contributed by atoms with van der Waals surface area (Å²) in [4.78, 5) is 0. The molecule has 0 saturated carbocycles. The lowest BCUT2D eigenvalue weighted by atomic mass is 9.91. The van der Waals surface area contributed by atoms with E-state index < -0.39 is 0 Å². The van der Waals surface area contributed by atoms with Crippen LogP contribution in [0.1, 0.15) is 59.3 Å². The van der Waals surface area contributed by atoms with Gasteiger partial charge in [0.05, 0.1) is 0 Å². The Hall–Kier alpha value is -0.260. The molecule has 0 aliphatic rings. The molecule has 2 unspecified atom stereocenters. The molecule has 0 amide bonds. The van der Waals surface area contributed by atoms with Crippen molar-refractivity contribution in [3.05, 3.63) is 12.7 Å². The molecule has 0 rings (SSSR count). The van der Waals surface area contributed by atoms with Crippen molar-refractivity contribution in [2.75, 3.05) is 0 Å². The van der Waals surface area contributed by atoms with Crippen LogP contribution in [0, 0.1) is 11.8 Å². The molecule has 0 nitrogen and oxygen atoms in total. The minimum Gasteiger partial charge on any atom is -0.103 e. The van der Waals surface area contributed by atoms with E-state index in [1.54, 1.807) is 0 Å². The highest BCUT2D eigenvalue weighted by Gasteiger charge is 2.06. The Morgan fingerprint density at radius 3 is 2.38 bits per heavy atom. The highest BCUT2D eigenvalue weighted by atomic mass is 14.1. The number of rotatable bonds is 8. The Balaban J connectivity index is 3.29. The Morgan fingerprint density at radius 1 is 1.15 bits per heavy atom. The molecule has 0 aliphatic carbocycles. The SMILES string of the molecule is C=CCCCCC(C)CC(C)CC. The van der Waals surface area contributed by atoms with Crippen LogP contribution in [0.2, 0.25) is 0 Å². The normalized spacial score (nSPS) is 15.3. The van der Waals surface area contributed by atoms with Gasteiger partial charge in [0.1, 0.15) is 0 Å². The van der Waals surface area contributed by atoms with Gasteiger partial charge in [-0.1, -0.05) is 46.1 Å². The van der Waals surface area contributed by atoms with E-state index in [1.807, 2.05) is 6.08 Å². The lowest BCUT2D eigenvalue weighted by Gasteiger charge is -2.15. The molecule has 0 fully saturated rings. The van der Waals surface area contributed by atoms with Gasteiger partial charge in [-0.05, 0) is 31.1 Å². The maximum atomic E-state index is 3.74. The third kappa shape index (κ3) is 8.08. The molecule has 0 saturated heterocycles. The van der Waals surface area contributed by atoms with Crippen molar-refractivity contribution in [3.63, 3.8) is 0 Å². The maximum Gasteiger partial charge on any atom is -0.0353 e. The van der Waals surface area contributed by atoms with Gasteiger partial charge in [0, 0.05) is 0 Å². The summed E-state index contributed by atoms with van der Waals surface area (Å²) in [7, 11) is 0. The van der Waals surface area contributed by atoms with Crippen molar-refractivity contribution in [2.45, 2.75) is 59.3 Å². The van der Waals surface area contributed by atoms with Crippen LogP contribution in [0.5, 0.6) is 0 Å². The van der Waals surface area contributed by atoms with Gasteiger partial charge in [0.25, 0.3) is 0 Å². The predicted octanol–water partition coefficient (Wildman–Crippen LogP) is 4.81. The molecule has 0 aromatic heterocycles. The summed E-state index contributed by atoms with van der Waals surface area (Å²) in [5, 5.41) is 0. The lowest BCUT2D eigenvalue weighted by molar-refractivity contribution is 0.377. The summed E-state index contributed by atoms with van der Waals surface area (Å²) >= 11 is 0. The van der Waals surface area contributed by atoms with Gasteiger partial charge in [0.2, 0.25) is 0 Å². The summed E-state index contributed by atoms with van der Waals surface area (Å²) in [6, 6.07) is 0. The summed E-state index contributed by atoms with van der Waals surface area (Å²) < 4.78 is 0. The fourth-order valence-corrected chi connectivity index (χ4v) is 1.75. The molecular formula is C13H26. The molecule has 0 spiro atoms. The molecule has 78 valence electrons. The lowest BCUT2D eigenvalue weighted by Crippen LogP contribution is -2.02. The molecular weight excluding hydrogens is 156 g/mol. The summed E-state index contributed by atoms with van der Waals surface area (Å²) in [5.41, 5.74) is 0. The zero-order chi connectivity index (χ0) is 10.1. The first-order chi connectivity index (χ1) is 6.20. The standard InChI is InChI=1S/C13H26/c1-5-7-8-9-10-13(4)11-12(3)6-2/h5,12-13H,1,6-11H2,2-4H3. The van der Waals surface area contributed by atoms with Crippen molar-refractivity contribution in [2.24, 2.45) is 11.8 Å². The zero-order valence-electron chi connectivity index (χ0n) is 9.68. The van der Waals surface area contributed by atoms with Gasteiger partial charge < -0.3 is 0 Å². The fourth-order valence-electron chi connectivity index (χ4n) is 1.75. The van der Waals surface area contributed by atoms with Crippen molar-refractivity contribution in [3.8, 4) is 0 Å². The van der Waals surface area contributed by atoms with Crippen LogP contribution in [0.4, 0.5) is 0 Å². The zero-order valence-corrected chi connectivity index (χ0v) is 9.68. The summed E-state index contributed by atoms with van der Waals surface area (Å²) in [5.74, 6) is 1.83. The third-order valence-corrected chi connectivity index (χ3v) is 2.86. The summed E-state index contributed by atoms with van der Waals surface area (Å²) in [6.45, 7) is 10.8. The van der Waals surface area contributed by atoms with Crippen LogP contribution in [-0.4, -0.2) is 0 Å². The van der Waals surface area contributed by atoms with Gasteiger partial charge in [0.15, 0.2) is 0 Å². The Kier molecular flexibility index (Phi) is 8.18. The minimum absolute atomic E-state index is 0.911. The van der Waals surface area contributed by atoms with Gasteiger partial charge >= 0.3 is 0 Å². The van der Waals surface area contributed by atoms with E-state index in [0.717, 1.165) is 11.8 Å². The van der Waals surface area contributed by atoms with Crippen LogP contribution in [0.25, 0.3) is 0 Å². The predicted molar refractivity (Wildman–Crippen MR) is 61.9 cm³/mol. The van der Waals surface area contributed by atoms with Crippen LogP contribution in [-0.2, 0) is 0 Å². The monoisotopic (exact) mass is 182 g/mol. The molecule has 0 N–H and O–H groups in total. The second kappa shape index (κ2) is 8.34. The number of allylic oxidation sites excluding steroid dienone is 1. The largest absolute Gasteiger partial charge is 0.103 e. The van der Waals surface area contributed by atoms with Crippen LogP contribution in [0.3, 0.4) is 0 Å². The van der Waals surface area contributed by atoms with Crippen LogP contribution in [0.15, 0.2) is 12.7 Å².